The Balaban J connectivity index is 2.18. The van der Waals surface area contributed by atoms with Gasteiger partial charge in [0.1, 0.15) is 5.60 Å². The van der Waals surface area contributed by atoms with Crippen molar-refractivity contribution in [2.24, 2.45) is 0 Å². The summed E-state index contributed by atoms with van der Waals surface area (Å²) in [4.78, 5) is 0.0103. The highest BCUT2D eigenvalue weighted by Crippen LogP contribution is 2.44. The number of fused-ring (bicyclic) bond motifs is 1. The van der Waals surface area contributed by atoms with E-state index < -0.39 is 5.60 Å². The van der Waals surface area contributed by atoms with Gasteiger partial charge in [-0.25, -0.2) is 0 Å². The Kier molecular flexibility index (Phi) is 3.42. The van der Waals surface area contributed by atoms with Crippen molar-refractivity contribution in [2.45, 2.75) is 23.3 Å². The van der Waals surface area contributed by atoms with E-state index in [0.717, 1.165) is 24.0 Å². The Morgan fingerprint density at radius 1 is 1.11 bits per heavy atom. The second kappa shape index (κ2) is 4.93. The minimum atomic E-state index is -0.987. The van der Waals surface area contributed by atoms with Crippen molar-refractivity contribution in [3.8, 4) is 0 Å². The smallest absolute Gasteiger partial charge is 0.127 e. The minimum Gasteiger partial charge on any atom is -0.379 e. The molecule has 98 valence electrons. The van der Waals surface area contributed by atoms with Crippen LogP contribution in [0.1, 0.15) is 23.1 Å². The molecular formula is C16H14BrClO. The number of halogens is 2. The summed E-state index contributed by atoms with van der Waals surface area (Å²) in [5, 5.41) is 11.9. The minimum absolute atomic E-state index is 0.0103. The van der Waals surface area contributed by atoms with Crippen LogP contribution in [0.15, 0.2) is 48.5 Å². The molecule has 0 saturated carbocycles. The molecule has 2 atom stereocenters. The third kappa shape index (κ3) is 2.12. The van der Waals surface area contributed by atoms with Gasteiger partial charge in [0, 0.05) is 5.02 Å². The zero-order valence-electron chi connectivity index (χ0n) is 10.3. The summed E-state index contributed by atoms with van der Waals surface area (Å²) >= 11 is 9.59. The second-order valence-corrected chi connectivity index (χ2v) is 6.48. The first-order chi connectivity index (χ1) is 9.12. The summed E-state index contributed by atoms with van der Waals surface area (Å²) in [5.41, 5.74) is 2.10. The molecule has 3 rings (SSSR count). The Morgan fingerprint density at radius 3 is 2.53 bits per heavy atom. The van der Waals surface area contributed by atoms with Gasteiger partial charge < -0.3 is 5.11 Å². The molecule has 1 N–H and O–H groups in total. The van der Waals surface area contributed by atoms with E-state index in [-0.39, 0.29) is 4.83 Å². The number of rotatable bonds is 1. The monoisotopic (exact) mass is 336 g/mol. The van der Waals surface area contributed by atoms with Gasteiger partial charge in [0.25, 0.3) is 0 Å². The summed E-state index contributed by atoms with van der Waals surface area (Å²) in [5.74, 6) is 0. The van der Waals surface area contributed by atoms with Gasteiger partial charge >= 0.3 is 0 Å². The fourth-order valence-corrected chi connectivity index (χ4v) is 3.68. The van der Waals surface area contributed by atoms with Crippen LogP contribution in [0.25, 0.3) is 0 Å². The Hall–Kier alpha value is -0.830. The molecule has 0 amide bonds. The Bertz CT molecular complexity index is 596. The van der Waals surface area contributed by atoms with Crippen molar-refractivity contribution in [2.75, 3.05) is 0 Å². The van der Waals surface area contributed by atoms with E-state index in [1.54, 1.807) is 0 Å². The maximum absolute atomic E-state index is 11.3. The lowest BCUT2D eigenvalue weighted by molar-refractivity contribution is 0.0705. The van der Waals surface area contributed by atoms with Gasteiger partial charge in [0.2, 0.25) is 0 Å². The lowest BCUT2D eigenvalue weighted by Crippen LogP contribution is -2.41. The summed E-state index contributed by atoms with van der Waals surface area (Å²) in [6.07, 6.45) is 1.90. The molecule has 1 aliphatic carbocycles. The third-order valence-electron chi connectivity index (χ3n) is 3.83. The molecule has 2 aromatic rings. The standard InChI is InChI=1S/C16H14BrClO/c17-15-10-5-11-3-1-2-4-14(11)16(15,19)12-6-8-13(18)9-7-12/h1-4,6-9,15,19H,5,10H2. The van der Waals surface area contributed by atoms with Gasteiger partial charge in [-0.05, 0) is 41.7 Å². The number of alkyl halides is 1. The van der Waals surface area contributed by atoms with Crippen LogP contribution in [0.3, 0.4) is 0 Å². The van der Waals surface area contributed by atoms with E-state index in [1.807, 2.05) is 42.5 Å². The maximum Gasteiger partial charge on any atom is 0.127 e. The predicted octanol–water partition coefficient (Wildman–Crippen LogP) is 4.29. The average molecular weight is 338 g/mol. The van der Waals surface area contributed by atoms with Crippen molar-refractivity contribution < 1.29 is 5.11 Å². The summed E-state index contributed by atoms with van der Waals surface area (Å²) in [6.45, 7) is 0. The molecule has 2 unspecified atom stereocenters. The van der Waals surface area contributed by atoms with E-state index in [0.29, 0.717) is 5.02 Å². The van der Waals surface area contributed by atoms with Crippen LogP contribution in [0.4, 0.5) is 0 Å². The first kappa shape index (κ1) is 13.2. The van der Waals surface area contributed by atoms with Crippen LogP contribution < -0.4 is 0 Å². The fourth-order valence-electron chi connectivity index (χ4n) is 2.81. The van der Waals surface area contributed by atoms with Gasteiger partial charge in [-0.3, -0.25) is 0 Å². The van der Waals surface area contributed by atoms with Crippen LogP contribution in [-0.4, -0.2) is 9.93 Å². The quantitative estimate of drug-likeness (QED) is 0.770. The molecule has 19 heavy (non-hydrogen) atoms. The van der Waals surface area contributed by atoms with Crippen molar-refractivity contribution in [1.29, 1.82) is 0 Å². The first-order valence-corrected chi connectivity index (χ1v) is 7.62. The fraction of sp³-hybridized carbons (Fsp3) is 0.250. The molecular weight excluding hydrogens is 324 g/mol. The van der Waals surface area contributed by atoms with E-state index in [1.165, 1.54) is 5.56 Å². The van der Waals surface area contributed by atoms with Gasteiger partial charge in [0.05, 0.1) is 4.83 Å². The molecule has 2 aromatic carbocycles. The largest absolute Gasteiger partial charge is 0.379 e. The van der Waals surface area contributed by atoms with Gasteiger partial charge in [0.15, 0.2) is 0 Å². The van der Waals surface area contributed by atoms with Crippen LogP contribution in [0.2, 0.25) is 5.02 Å². The highest BCUT2D eigenvalue weighted by Gasteiger charge is 2.42. The zero-order valence-corrected chi connectivity index (χ0v) is 12.7. The number of hydrogen-bond acceptors (Lipinski definition) is 1. The third-order valence-corrected chi connectivity index (χ3v) is 5.21. The van der Waals surface area contributed by atoms with Gasteiger partial charge in [-0.15, -0.1) is 0 Å². The van der Waals surface area contributed by atoms with E-state index in [2.05, 4.69) is 22.0 Å². The molecule has 0 aromatic heterocycles. The van der Waals surface area contributed by atoms with E-state index in [4.69, 9.17) is 11.6 Å². The summed E-state index contributed by atoms with van der Waals surface area (Å²) < 4.78 is 0. The molecule has 0 bridgehead atoms. The molecule has 0 heterocycles. The van der Waals surface area contributed by atoms with Gasteiger partial charge in [-0.2, -0.15) is 0 Å². The molecule has 0 radical (unpaired) electrons. The predicted molar refractivity (Wildman–Crippen MR) is 81.9 cm³/mol. The Labute approximate surface area is 126 Å². The van der Waals surface area contributed by atoms with E-state index in [9.17, 15) is 5.11 Å². The summed E-state index contributed by atoms with van der Waals surface area (Å²) in [7, 11) is 0. The van der Waals surface area contributed by atoms with Crippen molar-refractivity contribution >= 4 is 27.5 Å². The molecule has 3 heteroatoms. The molecule has 1 nitrogen and oxygen atoms in total. The summed E-state index contributed by atoms with van der Waals surface area (Å²) in [6, 6.07) is 15.6. The van der Waals surface area contributed by atoms with Crippen molar-refractivity contribution in [3.63, 3.8) is 0 Å². The molecule has 0 aliphatic heterocycles. The lowest BCUT2D eigenvalue weighted by atomic mass is 9.75. The normalized spacial score (nSPS) is 25.9. The molecule has 0 saturated heterocycles. The topological polar surface area (TPSA) is 20.2 Å². The average Bonchev–Trinajstić information content (AvgIpc) is 2.44. The van der Waals surface area contributed by atoms with Gasteiger partial charge in [-0.1, -0.05) is 63.9 Å². The SMILES string of the molecule is OC1(c2ccc(Cl)cc2)c2ccccc2CCC1Br. The number of benzene rings is 2. The van der Waals surface area contributed by atoms with Crippen LogP contribution in [0, 0.1) is 0 Å². The number of aliphatic hydroxyl groups is 1. The lowest BCUT2D eigenvalue weighted by Gasteiger charge is -2.39. The van der Waals surface area contributed by atoms with Crippen molar-refractivity contribution in [3.05, 3.63) is 70.2 Å². The highest BCUT2D eigenvalue weighted by molar-refractivity contribution is 9.09. The number of aryl methyl sites for hydroxylation is 1. The highest BCUT2D eigenvalue weighted by atomic mass is 79.9. The first-order valence-electron chi connectivity index (χ1n) is 6.33. The zero-order chi connectivity index (χ0) is 13.5. The van der Waals surface area contributed by atoms with Crippen LogP contribution in [-0.2, 0) is 12.0 Å². The van der Waals surface area contributed by atoms with Crippen molar-refractivity contribution in [1.82, 2.24) is 0 Å². The van der Waals surface area contributed by atoms with Crippen LogP contribution >= 0.6 is 27.5 Å². The van der Waals surface area contributed by atoms with E-state index >= 15 is 0 Å². The van der Waals surface area contributed by atoms with Crippen LogP contribution in [0.5, 0.6) is 0 Å². The molecule has 0 spiro atoms. The maximum atomic E-state index is 11.3. The Morgan fingerprint density at radius 2 is 1.79 bits per heavy atom. The second-order valence-electron chi connectivity index (χ2n) is 4.94. The molecule has 0 fully saturated rings. The molecule has 1 aliphatic rings. The number of hydrogen-bond donors (Lipinski definition) is 1.